The number of amides is 3. The normalized spacial score (nSPS) is 23.8. The number of nitrogens with zero attached hydrogens (tertiary/aromatic N) is 1. The van der Waals surface area contributed by atoms with E-state index in [0.717, 1.165) is 10.8 Å². The average molecular weight is 608 g/mol. The third kappa shape index (κ3) is 7.17. The van der Waals surface area contributed by atoms with Gasteiger partial charge in [-0.3, -0.25) is 9.59 Å². The fourth-order valence-electron chi connectivity index (χ4n) is 5.66. The number of carbonyl (C=O) groups is 4. The number of esters is 1. The number of fused-ring (bicyclic) bond motifs is 1. The molecule has 10 nitrogen and oxygen atoms in total. The third-order valence-electron chi connectivity index (χ3n) is 7.95. The molecule has 0 radical (unpaired) electrons. The highest BCUT2D eigenvalue weighted by Crippen LogP contribution is 2.46. The number of rotatable bonds is 9. The van der Waals surface area contributed by atoms with Crippen LogP contribution >= 0.6 is 0 Å². The summed E-state index contributed by atoms with van der Waals surface area (Å²) in [4.78, 5) is 55.4. The predicted molar refractivity (Wildman–Crippen MR) is 167 cm³/mol. The van der Waals surface area contributed by atoms with E-state index in [-0.39, 0.29) is 25.5 Å². The number of ether oxygens (including phenoxy) is 3. The minimum Gasteiger partial charge on any atom is -0.488 e. The SMILES string of the molecule is C=C[C@@H]1C[C@]1(NC(=O)[C@@H]1C[C@@H](Oc2cccc3ccccc23)CN1C(=O)[C@@H](NC(=O)OC(C)(C)C)C(C)(C)C)C(=O)OCC. The van der Waals surface area contributed by atoms with Gasteiger partial charge in [-0.2, -0.15) is 0 Å². The molecule has 44 heavy (non-hydrogen) atoms. The summed E-state index contributed by atoms with van der Waals surface area (Å²) in [7, 11) is 0. The molecule has 1 saturated carbocycles. The summed E-state index contributed by atoms with van der Waals surface area (Å²) in [6, 6.07) is 11.6. The van der Waals surface area contributed by atoms with Gasteiger partial charge in [-0.05, 0) is 51.0 Å². The van der Waals surface area contributed by atoms with E-state index < -0.39 is 58.6 Å². The summed E-state index contributed by atoms with van der Waals surface area (Å²) < 4.78 is 17.2. The lowest BCUT2D eigenvalue weighted by Crippen LogP contribution is -2.59. The Kier molecular flexibility index (Phi) is 9.32. The summed E-state index contributed by atoms with van der Waals surface area (Å²) in [5, 5.41) is 7.55. The lowest BCUT2D eigenvalue weighted by Gasteiger charge is -2.36. The van der Waals surface area contributed by atoms with Crippen molar-refractivity contribution in [2.24, 2.45) is 11.3 Å². The quantitative estimate of drug-likeness (QED) is 0.312. The number of likely N-dealkylation sites (tertiary alicyclic amines) is 1. The smallest absolute Gasteiger partial charge is 0.408 e. The largest absolute Gasteiger partial charge is 0.488 e. The monoisotopic (exact) mass is 607 g/mol. The fraction of sp³-hybridized carbons (Fsp3) is 0.529. The molecule has 2 aliphatic rings. The molecular weight excluding hydrogens is 562 g/mol. The second-order valence-corrected chi connectivity index (χ2v) is 13.6. The van der Waals surface area contributed by atoms with Crippen molar-refractivity contribution in [1.29, 1.82) is 0 Å². The number of hydrogen-bond acceptors (Lipinski definition) is 7. The van der Waals surface area contributed by atoms with Crippen LogP contribution in [0.5, 0.6) is 5.75 Å². The average Bonchev–Trinajstić information content (AvgIpc) is 3.49. The Morgan fingerprint density at radius 3 is 2.36 bits per heavy atom. The topological polar surface area (TPSA) is 123 Å². The first-order valence-corrected chi connectivity index (χ1v) is 15.2. The van der Waals surface area contributed by atoms with Gasteiger partial charge in [-0.25, -0.2) is 9.59 Å². The number of benzene rings is 2. The fourth-order valence-corrected chi connectivity index (χ4v) is 5.66. The first-order valence-electron chi connectivity index (χ1n) is 15.2. The van der Waals surface area contributed by atoms with Crippen LogP contribution < -0.4 is 15.4 Å². The van der Waals surface area contributed by atoms with Crippen LogP contribution in [0, 0.1) is 11.3 Å². The van der Waals surface area contributed by atoms with Crippen molar-refractivity contribution in [3.63, 3.8) is 0 Å². The maximum atomic E-state index is 14.3. The van der Waals surface area contributed by atoms with Crippen molar-refractivity contribution in [1.82, 2.24) is 15.5 Å². The van der Waals surface area contributed by atoms with Crippen molar-refractivity contribution in [2.75, 3.05) is 13.2 Å². The van der Waals surface area contributed by atoms with Gasteiger partial charge in [0.2, 0.25) is 11.8 Å². The Balaban J connectivity index is 1.64. The van der Waals surface area contributed by atoms with Crippen LogP contribution in [-0.4, -0.2) is 71.3 Å². The summed E-state index contributed by atoms with van der Waals surface area (Å²) >= 11 is 0. The zero-order valence-electron chi connectivity index (χ0n) is 26.8. The second kappa shape index (κ2) is 12.5. The molecule has 2 fully saturated rings. The lowest BCUT2D eigenvalue weighted by molar-refractivity contribution is -0.150. The van der Waals surface area contributed by atoms with Gasteiger partial charge >= 0.3 is 12.1 Å². The molecule has 1 saturated heterocycles. The van der Waals surface area contributed by atoms with Gasteiger partial charge in [0.05, 0.1) is 13.2 Å². The van der Waals surface area contributed by atoms with Gasteiger partial charge in [0.1, 0.15) is 35.1 Å². The summed E-state index contributed by atoms with van der Waals surface area (Å²) in [5.74, 6) is -1.12. The molecule has 238 valence electrons. The molecule has 0 unspecified atom stereocenters. The lowest BCUT2D eigenvalue weighted by atomic mass is 9.85. The van der Waals surface area contributed by atoms with E-state index in [1.165, 1.54) is 4.90 Å². The van der Waals surface area contributed by atoms with Crippen molar-refractivity contribution >= 4 is 34.6 Å². The highest BCUT2D eigenvalue weighted by Gasteiger charge is 2.62. The number of nitrogens with one attached hydrogen (secondary N) is 2. The summed E-state index contributed by atoms with van der Waals surface area (Å²) in [6.07, 6.45) is 0.907. The van der Waals surface area contributed by atoms with E-state index >= 15 is 0 Å². The molecule has 1 aliphatic carbocycles. The Hall–Kier alpha value is -4.08. The number of alkyl carbamates (subject to hydrolysis) is 1. The number of hydrogen-bond donors (Lipinski definition) is 2. The van der Waals surface area contributed by atoms with Gasteiger partial charge < -0.3 is 29.7 Å². The molecule has 3 amide bonds. The summed E-state index contributed by atoms with van der Waals surface area (Å²) in [6.45, 7) is 16.5. The minimum absolute atomic E-state index is 0.0972. The van der Waals surface area contributed by atoms with Crippen LogP contribution in [0.3, 0.4) is 0 Å². The van der Waals surface area contributed by atoms with Gasteiger partial charge in [0.15, 0.2) is 0 Å². The van der Waals surface area contributed by atoms with E-state index in [1.54, 1.807) is 33.8 Å². The molecule has 10 heteroatoms. The van der Waals surface area contributed by atoms with Crippen LogP contribution in [0.2, 0.25) is 0 Å². The molecule has 0 aromatic heterocycles. The Morgan fingerprint density at radius 1 is 1.07 bits per heavy atom. The van der Waals surface area contributed by atoms with Crippen molar-refractivity contribution < 1.29 is 33.4 Å². The van der Waals surface area contributed by atoms with E-state index in [2.05, 4.69) is 17.2 Å². The van der Waals surface area contributed by atoms with Crippen LogP contribution in [-0.2, 0) is 23.9 Å². The van der Waals surface area contributed by atoms with Gasteiger partial charge in [-0.1, -0.05) is 63.2 Å². The van der Waals surface area contributed by atoms with Crippen molar-refractivity contribution in [2.45, 2.75) is 90.6 Å². The maximum absolute atomic E-state index is 14.3. The minimum atomic E-state index is -1.23. The van der Waals surface area contributed by atoms with Crippen LogP contribution in [0.1, 0.15) is 61.3 Å². The molecule has 4 rings (SSSR count). The van der Waals surface area contributed by atoms with Gasteiger partial charge in [-0.15, -0.1) is 6.58 Å². The zero-order chi connectivity index (χ0) is 32.4. The molecule has 0 bridgehead atoms. The molecule has 1 heterocycles. The molecule has 2 N–H and O–H groups in total. The van der Waals surface area contributed by atoms with Crippen molar-refractivity contribution in [3.8, 4) is 5.75 Å². The van der Waals surface area contributed by atoms with Gasteiger partial charge in [0.25, 0.3) is 0 Å². The Labute approximate surface area is 259 Å². The first-order chi connectivity index (χ1) is 20.6. The summed E-state index contributed by atoms with van der Waals surface area (Å²) in [5.41, 5.74) is -2.72. The molecule has 1 aliphatic heterocycles. The highest BCUT2D eigenvalue weighted by molar-refractivity contribution is 5.97. The second-order valence-electron chi connectivity index (χ2n) is 13.6. The van der Waals surface area contributed by atoms with E-state index in [4.69, 9.17) is 14.2 Å². The Morgan fingerprint density at radius 2 is 1.75 bits per heavy atom. The van der Waals surface area contributed by atoms with Crippen LogP contribution in [0.25, 0.3) is 10.8 Å². The molecular formula is C34H45N3O7. The standard InChI is InChI=1S/C34H45N3O7/c1-9-22-19-34(22,30(40)42-10-2)36-28(38)25-18-23(43-26-17-13-15-21-14-11-12-16-24(21)26)20-37(25)29(39)27(32(3,4)5)35-31(41)44-33(6,7)8/h9,11-17,22-23,25,27H,1,10,18-20H2,2-8H3,(H,35,41)(H,36,38)/t22-,23-,25+,27-,34-/m1/s1. The van der Waals surface area contributed by atoms with E-state index in [0.29, 0.717) is 12.2 Å². The van der Waals surface area contributed by atoms with E-state index in [9.17, 15) is 19.2 Å². The Bertz CT molecular complexity index is 1420. The number of carbonyl (C=O) groups excluding carboxylic acids is 4. The molecule has 2 aromatic rings. The van der Waals surface area contributed by atoms with Crippen LogP contribution in [0.15, 0.2) is 55.1 Å². The van der Waals surface area contributed by atoms with Crippen molar-refractivity contribution in [3.05, 3.63) is 55.1 Å². The third-order valence-corrected chi connectivity index (χ3v) is 7.95. The molecule has 0 spiro atoms. The highest BCUT2D eigenvalue weighted by atomic mass is 16.6. The van der Waals surface area contributed by atoms with Crippen LogP contribution in [0.4, 0.5) is 4.79 Å². The first kappa shape index (κ1) is 32.8. The molecule has 5 atom stereocenters. The van der Waals surface area contributed by atoms with E-state index in [1.807, 2.05) is 63.2 Å². The van der Waals surface area contributed by atoms with Gasteiger partial charge in [0, 0.05) is 17.7 Å². The maximum Gasteiger partial charge on any atom is 0.408 e. The zero-order valence-corrected chi connectivity index (χ0v) is 26.8. The molecule has 2 aromatic carbocycles. The predicted octanol–water partition coefficient (Wildman–Crippen LogP) is 4.75.